The smallest absolute Gasteiger partial charge is 0.310 e. The molecule has 0 saturated carbocycles. The fraction of sp³-hybridized carbons (Fsp3) is 0.682. The predicted molar refractivity (Wildman–Crippen MR) is 104 cm³/mol. The van der Waals surface area contributed by atoms with Crippen LogP contribution in [0.15, 0.2) is 12.1 Å². The van der Waals surface area contributed by atoms with Gasteiger partial charge in [0.25, 0.3) is 0 Å². The lowest BCUT2D eigenvalue weighted by Crippen LogP contribution is -2.14. The molecule has 1 aromatic rings. The van der Waals surface area contributed by atoms with E-state index in [0.29, 0.717) is 12.2 Å². The van der Waals surface area contributed by atoms with E-state index in [1.165, 1.54) is 32.1 Å². The molecule has 0 heterocycles. The highest BCUT2D eigenvalue weighted by Crippen LogP contribution is 2.31. The van der Waals surface area contributed by atoms with Gasteiger partial charge in [-0.05, 0) is 29.9 Å². The number of phenols is 1. The molecule has 0 aliphatic heterocycles. The summed E-state index contributed by atoms with van der Waals surface area (Å²) < 4.78 is 5.34. The van der Waals surface area contributed by atoms with Crippen molar-refractivity contribution in [1.29, 1.82) is 0 Å². The predicted octanol–water partition coefficient (Wildman–Crippen LogP) is 5.83. The van der Waals surface area contributed by atoms with Gasteiger partial charge in [0.2, 0.25) is 0 Å². The number of rotatable bonds is 10. The van der Waals surface area contributed by atoms with E-state index in [1.54, 1.807) is 0 Å². The Morgan fingerprint density at radius 2 is 1.64 bits per heavy atom. The third-order valence-corrected chi connectivity index (χ3v) is 4.59. The molecule has 0 saturated heterocycles. The van der Waals surface area contributed by atoms with E-state index in [9.17, 15) is 9.90 Å². The topological polar surface area (TPSA) is 46.5 Å². The first-order valence-electron chi connectivity index (χ1n) is 9.74. The highest BCUT2D eigenvalue weighted by Gasteiger charge is 2.19. The summed E-state index contributed by atoms with van der Waals surface area (Å²) in [5.41, 5.74) is 2.57. The first-order chi connectivity index (χ1) is 11.8. The molecule has 0 bridgehead atoms. The second-order valence-corrected chi connectivity index (χ2v) is 8.07. The number of aromatic hydroxyl groups is 1. The van der Waals surface area contributed by atoms with Gasteiger partial charge in [0.15, 0.2) is 0 Å². The summed E-state index contributed by atoms with van der Waals surface area (Å²) in [6, 6.07) is 3.92. The highest BCUT2D eigenvalue weighted by molar-refractivity contribution is 5.74. The number of benzene rings is 1. The normalized spacial score (nSPS) is 11.6. The molecule has 0 aliphatic carbocycles. The summed E-state index contributed by atoms with van der Waals surface area (Å²) in [5.74, 6) is -0.0485. The Balaban J connectivity index is 2.43. The van der Waals surface area contributed by atoms with Gasteiger partial charge in [0, 0.05) is 5.56 Å². The minimum atomic E-state index is -0.258. The van der Waals surface area contributed by atoms with Crippen molar-refractivity contribution in [3.8, 4) is 5.75 Å². The van der Waals surface area contributed by atoms with Crippen molar-refractivity contribution < 1.29 is 14.6 Å². The molecule has 0 aromatic heterocycles. The molecule has 0 aliphatic rings. The molecule has 0 atom stereocenters. The van der Waals surface area contributed by atoms with Crippen LogP contribution in [0.5, 0.6) is 5.75 Å². The lowest BCUT2D eigenvalue weighted by atomic mass is 9.84. The monoisotopic (exact) mass is 348 g/mol. The van der Waals surface area contributed by atoms with Crippen LogP contribution in [0, 0.1) is 6.92 Å². The van der Waals surface area contributed by atoms with Gasteiger partial charge in [-0.25, -0.2) is 0 Å². The average molecular weight is 349 g/mol. The molecule has 1 N–H and O–H groups in total. The summed E-state index contributed by atoms with van der Waals surface area (Å²) in [7, 11) is 0. The van der Waals surface area contributed by atoms with Gasteiger partial charge in [-0.3, -0.25) is 4.79 Å². The standard InChI is InChI=1S/C22H36O3/c1-6-7-8-9-10-11-12-13-25-20(23)16-18-15-19(22(3,4)5)14-17(2)21(18)24/h14-15,24H,6-13,16H2,1-5H3. The fourth-order valence-electron chi connectivity index (χ4n) is 2.87. The van der Waals surface area contributed by atoms with Crippen LogP contribution in [0.3, 0.4) is 0 Å². The second kappa shape index (κ2) is 10.5. The first-order valence-corrected chi connectivity index (χ1v) is 9.74. The molecule has 3 heteroatoms. The largest absolute Gasteiger partial charge is 0.507 e. The first kappa shape index (κ1) is 21.5. The Hall–Kier alpha value is -1.51. The van der Waals surface area contributed by atoms with Crippen LogP contribution in [-0.4, -0.2) is 17.7 Å². The van der Waals surface area contributed by atoms with Crippen LogP contribution in [-0.2, 0) is 21.4 Å². The SMILES string of the molecule is CCCCCCCCCOC(=O)Cc1cc(C(C)(C)C)cc(C)c1O. The molecule has 0 spiro atoms. The van der Waals surface area contributed by atoms with Crippen molar-refractivity contribution in [1.82, 2.24) is 0 Å². The Morgan fingerprint density at radius 1 is 1.04 bits per heavy atom. The number of esters is 1. The van der Waals surface area contributed by atoms with E-state index in [0.717, 1.165) is 24.0 Å². The number of phenolic OH excluding ortho intramolecular Hbond substituents is 1. The van der Waals surface area contributed by atoms with Gasteiger partial charge < -0.3 is 9.84 Å². The van der Waals surface area contributed by atoms with Crippen molar-refractivity contribution >= 4 is 5.97 Å². The second-order valence-electron chi connectivity index (χ2n) is 8.07. The molecule has 0 amide bonds. The van der Waals surface area contributed by atoms with Crippen LogP contribution in [0.2, 0.25) is 0 Å². The van der Waals surface area contributed by atoms with E-state index in [1.807, 2.05) is 19.1 Å². The van der Waals surface area contributed by atoms with Gasteiger partial charge in [-0.2, -0.15) is 0 Å². The Kier molecular flexibility index (Phi) is 9.02. The Morgan fingerprint density at radius 3 is 2.24 bits per heavy atom. The molecular weight excluding hydrogens is 312 g/mol. The van der Waals surface area contributed by atoms with Gasteiger partial charge in [-0.1, -0.05) is 78.4 Å². The quantitative estimate of drug-likeness (QED) is 0.427. The minimum Gasteiger partial charge on any atom is -0.507 e. The summed E-state index contributed by atoms with van der Waals surface area (Å²) >= 11 is 0. The molecule has 3 nitrogen and oxygen atoms in total. The van der Waals surface area contributed by atoms with E-state index < -0.39 is 0 Å². The highest BCUT2D eigenvalue weighted by atomic mass is 16.5. The molecule has 0 radical (unpaired) electrons. The zero-order chi connectivity index (χ0) is 18.9. The third kappa shape index (κ3) is 7.94. The van der Waals surface area contributed by atoms with Crippen LogP contribution in [0.25, 0.3) is 0 Å². The maximum absolute atomic E-state index is 12.1. The third-order valence-electron chi connectivity index (χ3n) is 4.59. The number of hydrogen-bond donors (Lipinski definition) is 1. The lowest BCUT2D eigenvalue weighted by molar-refractivity contribution is -0.143. The van der Waals surface area contributed by atoms with Gasteiger partial charge in [0.1, 0.15) is 5.75 Å². The number of carbonyl (C=O) groups excluding carboxylic acids is 1. The molecule has 142 valence electrons. The van der Waals surface area contributed by atoms with Gasteiger partial charge in [-0.15, -0.1) is 0 Å². The van der Waals surface area contributed by atoms with Crippen molar-refractivity contribution in [2.45, 2.75) is 91.4 Å². The van der Waals surface area contributed by atoms with Crippen molar-refractivity contribution in [3.63, 3.8) is 0 Å². The van der Waals surface area contributed by atoms with Gasteiger partial charge >= 0.3 is 5.97 Å². The molecular formula is C22H36O3. The van der Waals surface area contributed by atoms with Crippen LogP contribution in [0.1, 0.15) is 89.3 Å². The van der Waals surface area contributed by atoms with Gasteiger partial charge in [0.05, 0.1) is 13.0 Å². The zero-order valence-corrected chi connectivity index (χ0v) is 16.8. The molecule has 1 aromatic carbocycles. The molecule has 0 unspecified atom stereocenters. The number of carbonyl (C=O) groups is 1. The molecule has 1 rings (SSSR count). The van der Waals surface area contributed by atoms with E-state index in [2.05, 4.69) is 27.7 Å². The van der Waals surface area contributed by atoms with E-state index in [4.69, 9.17) is 4.74 Å². The summed E-state index contributed by atoms with van der Waals surface area (Å²) in [5, 5.41) is 10.2. The number of hydrogen-bond acceptors (Lipinski definition) is 3. The Labute approximate surface area is 153 Å². The summed E-state index contributed by atoms with van der Waals surface area (Å²) in [4.78, 5) is 12.1. The number of unbranched alkanes of at least 4 members (excludes halogenated alkanes) is 6. The minimum absolute atomic E-state index is 0.0190. The van der Waals surface area contributed by atoms with Crippen LogP contribution >= 0.6 is 0 Å². The van der Waals surface area contributed by atoms with E-state index in [-0.39, 0.29) is 23.6 Å². The lowest BCUT2D eigenvalue weighted by Gasteiger charge is -2.21. The fourth-order valence-corrected chi connectivity index (χ4v) is 2.87. The van der Waals surface area contributed by atoms with Crippen molar-refractivity contribution in [3.05, 3.63) is 28.8 Å². The molecule has 25 heavy (non-hydrogen) atoms. The van der Waals surface area contributed by atoms with Crippen LogP contribution in [0.4, 0.5) is 0 Å². The summed E-state index contributed by atoms with van der Waals surface area (Å²) in [6.45, 7) is 10.9. The maximum Gasteiger partial charge on any atom is 0.310 e. The zero-order valence-electron chi connectivity index (χ0n) is 16.8. The molecule has 0 fully saturated rings. The summed E-state index contributed by atoms with van der Waals surface area (Å²) in [6.07, 6.45) is 8.53. The Bertz CT molecular complexity index is 541. The van der Waals surface area contributed by atoms with Crippen molar-refractivity contribution in [2.24, 2.45) is 0 Å². The van der Waals surface area contributed by atoms with Crippen LogP contribution < -0.4 is 0 Å². The van der Waals surface area contributed by atoms with E-state index >= 15 is 0 Å². The van der Waals surface area contributed by atoms with Crippen molar-refractivity contribution in [2.75, 3.05) is 6.61 Å². The number of ether oxygens (including phenoxy) is 1. The maximum atomic E-state index is 12.1. The average Bonchev–Trinajstić information content (AvgIpc) is 2.53. The number of aryl methyl sites for hydroxylation is 1.